The standard InChI is InChI=1S/C11H12O2S/c1-13-11-5-4-9(8-12)7-10(11)3-2-6-14/h4-5,7,12,14H,6,8H2,1H3. The van der Waals surface area contributed by atoms with E-state index in [-0.39, 0.29) is 6.61 Å². The van der Waals surface area contributed by atoms with Crippen molar-refractivity contribution in [2.45, 2.75) is 6.61 Å². The third-order valence-electron chi connectivity index (χ3n) is 1.75. The van der Waals surface area contributed by atoms with Gasteiger partial charge in [0.05, 0.1) is 25.0 Å². The molecule has 0 aromatic heterocycles. The van der Waals surface area contributed by atoms with E-state index in [9.17, 15) is 0 Å². The number of thiol groups is 1. The van der Waals surface area contributed by atoms with Crippen molar-refractivity contribution in [1.29, 1.82) is 0 Å². The van der Waals surface area contributed by atoms with Crippen molar-refractivity contribution >= 4 is 12.6 Å². The van der Waals surface area contributed by atoms with Crippen LogP contribution in [-0.4, -0.2) is 18.0 Å². The molecule has 0 radical (unpaired) electrons. The lowest BCUT2D eigenvalue weighted by atomic mass is 10.1. The molecule has 3 heteroatoms. The summed E-state index contributed by atoms with van der Waals surface area (Å²) in [5.74, 6) is 6.99. The molecule has 1 N–H and O–H groups in total. The van der Waals surface area contributed by atoms with Crippen LogP contribution in [0.4, 0.5) is 0 Å². The topological polar surface area (TPSA) is 29.5 Å². The zero-order chi connectivity index (χ0) is 10.4. The summed E-state index contributed by atoms with van der Waals surface area (Å²) in [5.41, 5.74) is 1.61. The Morgan fingerprint density at radius 1 is 1.50 bits per heavy atom. The number of rotatable bonds is 2. The van der Waals surface area contributed by atoms with E-state index < -0.39 is 0 Å². The normalized spacial score (nSPS) is 9.07. The molecule has 0 atom stereocenters. The van der Waals surface area contributed by atoms with Crippen LogP contribution in [0.2, 0.25) is 0 Å². The van der Waals surface area contributed by atoms with Crippen LogP contribution in [0.25, 0.3) is 0 Å². The third kappa shape index (κ3) is 2.69. The van der Waals surface area contributed by atoms with Crippen molar-refractivity contribution in [2.75, 3.05) is 12.9 Å². The maximum Gasteiger partial charge on any atom is 0.134 e. The molecular weight excluding hydrogens is 196 g/mol. The number of methoxy groups -OCH3 is 1. The smallest absolute Gasteiger partial charge is 0.134 e. The van der Waals surface area contributed by atoms with Crippen LogP contribution in [-0.2, 0) is 6.61 Å². The Morgan fingerprint density at radius 2 is 2.29 bits per heavy atom. The zero-order valence-corrected chi connectivity index (χ0v) is 8.84. The van der Waals surface area contributed by atoms with Crippen molar-refractivity contribution in [3.05, 3.63) is 29.3 Å². The van der Waals surface area contributed by atoms with E-state index in [0.717, 1.165) is 16.9 Å². The quantitative estimate of drug-likeness (QED) is 0.569. The molecule has 0 heterocycles. The molecule has 0 saturated carbocycles. The van der Waals surface area contributed by atoms with Gasteiger partial charge in [0.25, 0.3) is 0 Å². The predicted molar refractivity (Wildman–Crippen MR) is 59.6 cm³/mol. The highest BCUT2D eigenvalue weighted by atomic mass is 32.1. The molecular formula is C11H12O2S. The minimum atomic E-state index is 0.0134. The van der Waals surface area contributed by atoms with Crippen LogP contribution in [0, 0.1) is 11.8 Å². The van der Waals surface area contributed by atoms with Gasteiger partial charge in [0, 0.05) is 0 Å². The summed E-state index contributed by atoms with van der Waals surface area (Å²) in [6, 6.07) is 5.42. The fraction of sp³-hybridized carbons (Fsp3) is 0.273. The van der Waals surface area contributed by atoms with Crippen molar-refractivity contribution in [3.8, 4) is 17.6 Å². The van der Waals surface area contributed by atoms with Crippen LogP contribution >= 0.6 is 12.6 Å². The predicted octanol–water partition coefficient (Wildman–Crippen LogP) is 1.47. The zero-order valence-electron chi connectivity index (χ0n) is 7.95. The maximum absolute atomic E-state index is 8.95. The third-order valence-corrected chi connectivity index (χ3v) is 1.91. The Bertz CT molecular complexity index is 363. The molecule has 0 fully saturated rings. The van der Waals surface area contributed by atoms with Gasteiger partial charge in [-0.15, -0.1) is 0 Å². The second kappa shape index (κ2) is 5.58. The van der Waals surface area contributed by atoms with Gasteiger partial charge in [-0.05, 0) is 17.7 Å². The van der Waals surface area contributed by atoms with Crippen molar-refractivity contribution < 1.29 is 9.84 Å². The average molecular weight is 208 g/mol. The lowest BCUT2D eigenvalue weighted by Gasteiger charge is -2.04. The Labute approximate surface area is 89.3 Å². The number of aliphatic hydroxyl groups excluding tert-OH is 1. The van der Waals surface area contributed by atoms with E-state index >= 15 is 0 Å². The number of aliphatic hydroxyl groups is 1. The van der Waals surface area contributed by atoms with Crippen LogP contribution in [0.15, 0.2) is 18.2 Å². The number of benzene rings is 1. The van der Waals surface area contributed by atoms with Gasteiger partial charge in [0.2, 0.25) is 0 Å². The molecule has 0 saturated heterocycles. The van der Waals surface area contributed by atoms with E-state index in [1.165, 1.54) is 0 Å². The van der Waals surface area contributed by atoms with Gasteiger partial charge in [0.1, 0.15) is 5.75 Å². The van der Waals surface area contributed by atoms with E-state index in [2.05, 4.69) is 24.5 Å². The van der Waals surface area contributed by atoms with E-state index in [4.69, 9.17) is 9.84 Å². The summed E-state index contributed by atoms with van der Waals surface area (Å²) in [5, 5.41) is 8.95. The first-order valence-electron chi connectivity index (χ1n) is 4.19. The minimum absolute atomic E-state index is 0.0134. The van der Waals surface area contributed by atoms with Crippen molar-refractivity contribution in [1.82, 2.24) is 0 Å². The van der Waals surface area contributed by atoms with Crippen LogP contribution in [0.5, 0.6) is 5.75 Å². The van der Waals surface area contributed by atoms with Crippen LogP contribution in [0.1, 0.15) is 11.1 Å². The minimum Gasteiger partial charge on any atom is -0.495 e. The van der Waals surface area contributed by atoms with Crippen molar-refractivity contribution in [2.24, 2.45) is 0 Å². The fourth-order valence-corrected chi connectivity index (χ4v) is 1.16. The lowest BCUT2D eigenvalue weighted by molar-refractivity contribution is 0.281. The van der Waals surface area contributed by atoms with Gasteiger partial charge in [-0.3, -0.25) is 0 Å². The van der Waals surface area contributed by atoms with E-state index in [0.29, 0.717) is 5.75 Å². The molecule has 1 aromatic carbocycles. The van der Waals surface area contributed by atoms with Gasteiger partial charge in [-0.2, -0.15) is 12.6 Å². The fourth-order valence-electron chi connectivity index (χ4n) is 1.09. The largest absolute Gasteiger partial charge is 0.495 e. The monoisotopic (exact) mass is 208 g/mol. The van der Waals surface area contributed by atoms with E-state index in [1.54, 1.807) is 13.2 Å². The molecule has 2 nitrogen and oxygen atoms in total. The molecule has 1 rings (SSSR count). The lowest BCUT2D eigenvalue weighted by Crippen LogP contribution is -1.91. The Hall–Kier alpha value is -1.11. The van der Waals surface area contributed by atoms with Crippen molar-refractivity contribution in [3.63, 3.8) is 0 Å². The van der Waals surface area contributed by atoms with Gasteiger partial charge in [-0.25, -0.2) is 0 Å². The second-order valence-electron chi connectivity index (χ2n) is 2.65. The molecule has 1 aromatic rings. The first-order chi connectivity index (χ1) is 6.81. The van der Waals surface area contributed by atoms with Crippen LogP contribution < -0.4 is 4.74 Å². The van der Waals surface area contributed by atoms with Gasteiger partial charge in [0.15, 0.2) is 0 Å². The molecule has 0 aliphatic carbocycles. The van der Waals surface area contributed by atoms with Gasteiger partial charge < -0.3 is 9.84 Å². The Kier molecular flexibility index (Phi) is 4.37. The molecule has 74 valence electrons. The SMILES string of the molecule is COc1ccc(CO)cc1C#CCS. The molecule has 0 spiro atoms. The molecule has 0 aliphatic heterocycles. The number of hydrogen-bond donors (Lipinski definition) is 2. The highest BCUT2D eigenvalue weighted by molar-refractivity contribution is 7.80. The molecule has 0 unspecified atom stereocenters. The molecule has 0 amide bonds. The molecule has 0 bridgehead atoms. The van der Waals surface area contributed by atoms with E-state index in [1.807, 2.05) is 12.1 Å². The number of ether oxygens (including phenoxy) is 1. The number of hydrogen-bond acceptors (Lipinski definition) is 3. The maximum atomic E-state index is 8.95. The molecule has 0 aliphatic rings. The first-order valence-corrected chi connectivity index (χ1v) is 4.82. The van der Waals surface area contributed by atoms with Crippen LogP contribution in [0.3, 0.4) is 0 Å². The highest BCUT2D eigenvalue weighted by Gasteiger charge is 2.00. The summed E-state index contributed by atoms with van der Waals surface area (Å²) in [7, 11) is 1.60. The highest BCUT2D eigenvalue weighted by Crippen LogP contribution is 2.18. The summed E-state index contributed by atoms with van der Waals surface area (Å²) in [4.78, 5) is 0. The second-order valence-corrected chi connectivity index (χ2v) is 2.97. The first kappa shape index (κ1) is 11.0. The molecule has 14 heavy (non-hydrogen) atoms. The summed E-state index contributed by atoms with van der Waals surface area (Å²) >= 11 is 4.00. The van der Waals surface area contributed by atoms with Gasteiger partial charge in [-0.1, -0.05) is 17.9 Å². The summed E-state index contributed by atoms with van der Waals surface area (Å²) in [6.07, 6.45) is 0. The Balaban J connectivity index is 3.08. The average Bonchev–Trinajstić information content (AvgIpc) is 2.25. The van der Waals surface area contributed by atoms with Gasteiger partial charge >= 0.3 is 0 Å². The Morgan fingerprint density at radius 3 is 2.86 bits per heavy atom. The summed E-state index contributed by atoms with van der Waals surface area (Å²) < 4.78 is 5.13. The summed E-state index contributed by atoms with van der Waals surface area (Å²) in [6.45, 7) is 0.0134.